The van der Waals surface area contributed by atoms with E-state index in [2.05, 4.69) is 0 Å². The lowest BCUT2D eigenvalue weighted by molar-refractivity contribution is 0.512. The Morgan fingerprint density at radius 3 is 2.18 bits per heavy atom. The third-order valence-corrected chi connectivity index (χ3v) is 5.79. The lowest BCUT2D eigenvalue weighted by atomic mass is 10.1. The van der Waals surface area contributed by atoms with E-state index in [0.29, 0.717) is 11.4 Å². The van der Waals surface area contributed by atoms with E-state index in [-0.39, 0.29) is 0 Å². The lowest BCUT2D eigenvalue weighted by Gasteiger charge is -2.00. The van der Waals surface area contributed by atoms with Gasteiger partial charge in [-0.3, -0.25) is 0 Å². The molecule has 5 rings (SSSR count). The van der Waals surface area contributed by atoms with Gasteiger partial charge in [0.15, 0.2) is 0 Å². The molecule has 5 aromatic rings. The van der Waals surface area contributed by atoms with Crippen molar-refractivity contribution in [2.75, 3.05) is 0 Å². The summed E-state index contributed by atoms with van der Waals surface area (Å²) in [6, 6.07) is 29.5. The number of hydrogen-bond acceptors (Lipinski definition) is 2. The fraction of sp³-hybridized carbons (Fsp3) is 0.0357. The third kappa shape index (κ3) is 5.11. The minimum absolute atomic E-state index is 0.696. The van der Waals surface area contributed by atoms with Gasteiger partial charge in [0.25, 0.3) is 0 Å². The van der Waals surface area contributed by atoms with E-state index in [1.165, 1.54) is 0 Å². The molecule has 2 aromatic heterocycles. The van der Waals surface area contributed by atoms with Crippen LogP contribution in [0.4, 0.5) is 0 Å². The monoisotopic (exact) mass is 470 g/mol. The predicted octanol–water partition coefficient (Wildman–Crippen LogP) is 8.20. The van der Waals surface area contributed by atoms with Crippen molar-refractivity contribution in [2.45, 2.75) is 6.42 Å². The van der Waals surface area contributed by atoms with E-state index in [1.54, 1.807) is 0 Å². The van der Waals surface area contributed by atoms with E-state index in [0.717, 1.165) is 44.6 Å². The Balaban J connectivity index is 1.43. The summed E-state index contributed by atoms with van der Waals surface area (Å²) < 4.78 is 7.91. The van der Waals surface area contributed by atoms with Crippen LogP contribution in [0.1, 0.15) is 22.6 Å². The topological polar surface area (TPSA) is 31.0 Å². The molecule has 0 N–H and O–H groups in total. The lowest BCUT2D eigenvalue weighted by Crippen LogP contribution is -1.93. The fourth-order valence-electron chi connectivity index (χ4n) is 3.61. The summed E-state index contributed by atoms with van der Waals surface area (Å²) in [7, 11) is 0. The summed E-state index contributed by atoms with van der Waals surface area (Å²) in [4.78, 5) is 0. The first-order valence-electron chi connectivity index (χ1n) is 10.6. The van der Waals surface area contributed by atoms with Gasteiger partial charge in [-0.2, -0.15) is 5.10 Å². The van der Waals surface area contributed by atoms with Crippen molar-refractivity contribution in [3.8, 4) is 16.9 Å². The molecule has 0 radical (unpaired) electrons. The molecule has 0 unspecified atom stereocenters. The molecule has 0 fully saturated rings. The van der Waals surface area contributed by atoms with Crippen molar-refractivity contribution < 1.29 is 4.42 Å². The molecular weight excluding hydrogens is 451 g/mol. The maximum Gasteiger partial charge on any atom is 0.127 e. The maximum atomic E-state index is 6.09. The van der Waals surface area contributed by atoms with Crippen LogP contribution in [0.2, 0.25) is 10.0 Å². The van der Waals surface area contributed by atoms with E-state index < -0.39 is 0 Å². The molecule has 0 aliphatic carbocycles. The van der Waals surface area contributed by atoms with Crippen LogP contribution in [0.5, 0.6) is 0 Å². The van der Waals surface area contributed by atoms with Gasteiger partial charge in [-0.1, -0.05) is 65.7 Å². The normalized spacial score (nSPS) is 11.3. The zero-order chi connectivity index (χ0) is 22.6. The number of para-hydroxylation sites is 1. The van der Waals surface area contributed by atoms with Crippen molar-refractivity contribution in [2.24, 2.45) is 0 Å². The number of nitrogens with zero attached hydrogens (tertiary/aromatic N) is 2. The Morgan fingerprint density at radius 2 is 1.45 bits per heavy atom. The molecule has 33 heavy (non-hydrogen) atoms. The van der Waals surface area contributed by atoms with Crippen LogP contribution in [0.15, 0.2) is 102 Å². The van der Waals surface area contributed by atoms with Crippen LogP contribution in [-0.2, 0) is 6.42 Å². The standard InChI is InChI=1S/C28H20Cl2N2O/c29-23-11-6-20(7-12-23)18-27-17-16-26(33-27)15-10-22-19-32(25-4-2-1-3-5-25)31-28(22)21-8-13-24(30)14-9-21/h1-17,19H,18H2/b15-10+. The second-order valence-corrected chi connectivity index (χ2v) is 8.53. The number of rotatable bonds is 6. The Labute approximate surface area is 202 Å². The molecule has 0 bridgehead atoms. The Hall–Kier alpha value is -3.53. The molecule has 2 heterocycles. The summed E-state index contributed by atoms with van der Waals surface area (Å²) in [5.74, 6) is 1.68. The minimum atomic E-state index is 0.696. The van der Waals surface area contributed by atoms with Crippen molar-refractivity contribution in [1.29, 1.82) is 0 Å². The highest BCUT2D eigenvalue weighted by Gasteiger charge is 2.11. The predicted molar refractivity (Wildman–Crippen MR) is 136 cm³/mol. The van der Waals surface area contributed by atoms with Crippen molar-refractivity contribution in [1.82, 2.24) is 9.78 Å². The van der Waals surface area contributed by atoms with Gasteiger partial charge in [0.05, 0.1) is 11.4 Å². The summed E-state index contributed by atoms with van der Waals surface area (Å²) in [5.41, 5.74) is 5.00. The highest BCUT2D eigenvalue weighted by molar-refractivity contribution is 6.30. The van der Waals surface area contributed by atoms with Gasteiger partial charge in [-0.05, 0) is 66.2 Å². The van der Waals surface area contributed by atoms with Crippen LogP contribution in [-0.4, -0.2) is 9.78 Å². The van der Waals surface area contributed by atoms with Crippen LogP contribution < -0.4 is 0 Å². The van der Waals surface area contributed by atoms with Crippen LogP contribution in [0.25, 0.3) is 29.1 Å². The zero-order valence-corrected chi connectivity index (χ0v) is 19.2. The zero-order valence-electron chi connectivity index (χ0n) is 17.7. The summed E-state index contributed by atoms with van der Waals surface area (Å²) in [6.45, 7) is 0. The first-order chi connectivity index (χ1) is 16.1. The molecule has 3 aromatic carbocycles. The second-order valence-electron chi connectivity index (χ2n) is 7.66. The van der Waals surface area contributed by atoms with Gasteiger partial charge in [0.2, 0.25) is 0 Å². The molecule has 0 aliphatic rings. The summed E-state index contributed by atoms with van der Waals surface area (Å²) >= 11 is 12.1. The van der Waals surface area contributed by atoms with E-state index >= 15 is 0 Å². The van der Waals surface area contributed by atoms with Crippen LogP contribution >= 0.6 is 23.2 Å². The Kier molecular flexibility index (Phi) is 6.16. The maximum absolute atomic E-state index is 6.09. The van der Waals surface area contributed by atoms with Crippen molar-refractivity contribution >= 4 is 35.4 Å². The summed E-state index contributed by atoms with van der Waals surface area (Å²) in [5, 5.41) is 6.27. The first kappa shape index (κ1) is 21.3. The molecule has 0 saturated carbocycles. The van der Waals surface area contributed by atoms with E-state index in [9.17, 15) is 0 Å². The largest absolute Gasteiger partial charge is 0.461 e. The number of aromatic nitrogens is 2. The van der Waals surface area contributed by atoms with Gasteiger partial charge >= 0.3 is 0 Å². The van der Waals surface area contributed by atoms with E-state index in [4.69, 9.17) is 32.7 Å². The molecule has 162 valence electrons. The number of benzene rings is 3. The molecule has 5 heteroatoms. The SMILES string of the molecule is Clc1ccc(Cc2ccc(/C=C/c3cn(-c4ccccc4)nc3-c3ccc(Cl)cc3)o2)cc1. The molecule has 0 atom stereocenters. The molecular formula is C28H20Cl2N2O. The molecule has 0 saturated heterocycles. The molecule has 0 aliphatic heterocycles. The average Bonchev–Trinajstić information content (AvgIpc) is 3.47. The minimum Gasteiger partial charge on any atom is -0.461 e. The smallest absolute Gasteiger partial charge is 0.127 e. The highest BCUT2D eigenvalue weighted by atomic mass is 35.5. The third-order valence-electron chi connectivity index (χ3n) is 5.28. The fourth-order valence-corrected chi connectivity index (χ4v) is 3.86. The highest BCUT2D eigenvalue weighted by Crippen LogP contribution is 2.27. The quantitative estimate of drug-likeness (QED) is 0.250. The van der Waals surface area contributed by atoms with Gasteiger partial charge in [0, 0.05) is 33.8 Å². The van der Waals surface area contributed by atoms with Gasteiger partial charge in [0.1, 0.15) is 11.5 Å². The molecule has 3 nitrogen and oxygen atoms in total. The number of hydrogen-bond donors (Lipinski definition) is 0. The first-order valence-corrected chi connectivity index (χ1v) is 11.3. The van der Waals surface area contributed by atoms with Crippen molar-refractivity contribution in [3.63, 3.8) is 0 Å². The molecule has 0 spiro atoms. The van der Waals surface area contributed by atoms with Gasteiger partial charge < -0.3 is 4.42 Å². The van der Waals surface area contributed by atoms with Gasteiger partial charge in [-0.25, -0.2) is 4.68 Å². The number of halogens is 2. The van der Waals surface area contributed by atoms with Crippen molar-refractivity contribution in [3.05, 3.63) is 130 Å². The van der Waals surface area contributed by atoms with Gasteiger partial charge in [-0.15, -0.1) is 0 Å². The Morgan fingerprint density at radius 1 is 0.758 bits per heavy atom. The van der Waals surface area contributed by atoms with E-state index in [1.807, 2.05) is 114 Å². The molecule has 0 amide bonds. The van der Waals surface area contributed by atoms with Crippen LogP contribution in [0, 0.1) is 0 Å². The average molecular weight is 471 g/mol. The second kappa shape index (κ2) is 9.53. The Bertz CT molecular complexity index is 1380. The van der Waals surface area contributed by atoms with Crippen LogP contribution in [0.3, 0.4) is 0 Å². The number of furan rings is 1. The summed E-state index contributed by atoms with van der Waals surface area (Å²) in [6.07, 6.45) is 6.73.